The van der Waals surface area contributed by atoms with E-state index in [1.807, 2.05) is 54.2 Å². The van der Waals surface area contributed by atoms with Crippen LogP contribution in [0.2, 0.25) is 0 Å². The number of rotatable bonds is 7. The molecule has 0 radical (unpaired) electrons. The van der Waals surface area contributed by atoms with Gasteiger partial charge in [-0.3, -0.25) is 0 Å². The maximum Gasteiger partial charge on any atom is 0.315 e. The number of aromatic nitrogens is 3. The van der Waals surface area contributed by atoms with Gasteiger partial charge in [0.15, 0.2) is 0 Å². The number of hydrogen-bond acceptors (Lipinski definition) is 3. The minimum atomic E-state index is -0.398. The molecular formula is C24H27N5O2. The number of benzene rings is 2. The summed E-state index contributed by atoms with van der Waals surface area (Å²) in [4.78, 5) is 20.6. The van der Waals surface area contributed by atoms with Gasteiger partial charge in [0.05, 0.1) is 7.11 Å². The number of amides is 2. The number of aryl methyl sites for hydroxylation is 2. The molecule has 3 N–H and O–H groups in total. The highest BCUT2D eigenvalue weighted by Crippen LogP contribution is 2.24. The van der Waals surface area contributed by atoms with Crippen molar-refractivity contribution in [1.82, 2.24) is 25.2 Å². The van der Waals surface area contributed by atoms with E-state index in [4.69, 9.17) is 4.74 Å². The molecule has 0 bridgehead atoms. The predicted octanol–water partition coefficient (Wildman–Crippen LogP) is 3.85. The molecule has 1 unspecified atom stereocenters. The van der Waals surface area contributed by atoms with Crippen LogP contribution in [0, 0.1) is 6.92 Å². The molecule has 2 amide bonds. The van der Waals surface area contributed by atoms with Gasteiger partial charge in [0.2, 0.25) is 0 Å². The number of nitrogens with one attached hydrogen (secondary N) is 3. The molecule has 7 heteroatoms. The van der Waals surface area contributed by atoms with Gasteiger partial charge in [-0.05, 0) is 42.7 Å². The molecule has 0 aliphatic rings. The summed E-state index contributed by atoms with van der Waals surface area (Å²) in [6.45, 7) is 2.59. The number of hydrogen-bond donors (Lipinski definition) is 3. The van der Waals surface area contributed by atoms with Crippen LogP contribution >= 0.6 is 0 Å². The Kier molecular flexibility index (Phi) is 5.93. The number of urea groups is 1. The number of fused-ring (bicyclic) bond motifs is 1. The van der Waals surface area contributed by atoms with Crippen LogP contribution in [0.1, 0.15) is 28.7 Å². The Balaban J connectivity index is 1.46. The number of imidazole rings is 1. The fourth-order valence-corrected chi connectivity index (χ4v) is 3.91. The molecule has 1 atom stereocenters. The van der Waals surface area contributed by atoms with Crippen molar-refractivity contribution in [2.45, 2.75) is 19.4 Å². The van der Waals surface area contributed by atoms with E-state index in [1.165, 1.54) is 10.9 Å². The van der Waals surface area contributed by atoms with Crippen molar-refractivity contribution in [3.8, 4) is 5.75 Å². The van der Waals surface area contributed by atoms with Crippen molar-refractivity contribution < 1.29 is 9.53 Å². The SMILES string of the molecule is COc1cccc(C(NC(=O)NCCc2c(C)[nH]c3ccccc23)c2nccn2C)c1. The molecule has 2 aromatic heterocycles. The second-order valence-corrected chi connectivity index (χ2v) is 7.53. The molecule has 31 heavy (non-hydrogen) atoms. The van der Waals surface area contributed by atoms with Gasteiger partial charge in [0.25, 0.3) is 0 Å². The highest BCUT2D eigenvalue weighted by atomic mass is 16.5. The Morgan fingerprint density at radius 3 is 2.84 bits per heavy atom. The fourth-order valence-electron chi connectivity index (χ4n) is 3.91. The van der Waals surface area contributed by atoms with Crippen LogP contribution in [-0.4, -0.2) is 34.2 Å². The zero-order valence-electron chi connectivity index (χ0n) is 18.0. The zero-order valence-corrected chi connectivity index (χ0v) is 18.0. The van der Waals surface area contributed by atoms with Crippen molar-refractivity contribution in [3.63, 3.8) is 0 Å². The largest absolute Gasteiger partial charge is 0.497 e. The summed E-state index contributed by atoms with van der Waals surface area (Å²) in [6.07, 6.45) is 4.33. The molecule has 0 saturated carbocycles. The third kappa shape index (κ3) is 4.40. The van der Waals surface area contributed by atoms with Crippen LogP contribution < -0.4 is 15.4 Å². The van der Waals surface area contributed by atoms with Crippen molar-refractivity contribution in [2.75, 3.05) is 13.7 Å². The second-order valence-electron chi connectivity index (χ2n) is 7.53. The Morgan fingerprint density at radius 1 is 1.23 bits per heavy atom. The monoisotopic (exact) mass is 417 g/mol. The number of nitrogens with zero attached hydrogens (tertiary/aromatic N) is 2. The molecule has 7 nitrogen and oxygen atoms in total. The van der Waals surface area contributed by atoms with E-state index < -0.39 is 6.04 Å². The lowest BCUT2D eigenvalue weighted by molar-refractivity contribution is 0.238. The third-order valence-electron chi connectivity index (χ3n) is 5.51. The zero-order chi connectivity index (χ0) is 21.8. The summed E-state index contributed by atoms with van der Waals surface area (Å²) in [5, 5.41) is 7.25. The summed E-state index contributed by atoms with van der Waals surface area (Å²) in [6, 6.07) is 15.2. The first-order valence-corrected chi connectivity index (χ1v) is 10.3. The summed E-state index contributed by atoms with van der Waals surface area (Å²) in [5.74, 6) is 1.48. The van der Waals surface area contributed by atoms with E-state index in [2.05, 4.69) is 39.7 Å². The number of H-pyrrole nitrogens is 1. The molecular weight excluding hydrogens is 390 g/mol. The number of aromatic amines is 1. The van der Waals surface area contributed by atoms with Gasteiger partial charge < -0.3 is 24.9 Å². The normalized spacial score (nSPS) is 12.0. The molecule has 2 heterocycles. The van der Waals surface area contributed by atoms with Crippen LogP contribution in [0.3, 0.4) is 0 Å². The molecule has 160 valence electrons. The number of methoxy groups -OCH3 is 1. The van der Waals surface area contributed by atoms with Crippen molar-refractivity contribution in [3.05, 3.63) is 83.6 Å². The summed E-state index contributed by atoms with van der Waals surface area (Å²) in [7, 11) is 3.54. The Morgan fingerprint density at radius 2 is 2.06 bits per heavy atom. The first-order valence-electron chi connectivity index (χ1n) is 10.3. The van der Waals surface area contributed by atoms with E-state index in [0.717, 1.165) is 34.8 Å². The molecule has 0 spiro atoms. The molecule has 0 aliphatic heterocycles. The van der Waals surface area contributed by atoms with Gasteiger partial charge in [-0.1, -0.05) is 30.3 Å². The van der Waals surface area contributed by atoms with Gasteiger partial charge in [0, 0.05) is 42.6 Å². The molecule has 0 saturated heterocycles. The quantitative estimate of drug-likeness (QED) is 0.427. The van der Waals surface area contributed by atoms with Crippen LogP contribution in [0.25, 0.3) is 10.9 Å². The average Bonchev–Trinajstić information content (AvgIpc) is 3.34. The summed E-state index contributed by atoms with van der Waals surface area (Å²) < 4.78 is 7.25. The average molecular weight is 418 g/mol. The van der Waals surface area contributed by atoms with Crippen LogP contribution in [0.5, 0.6) is 5.75 Å². The second kappa shape index (κ2) is 8.95. The molecule has 4 aromatic rings. The van der Waals surface area contributed by atoms with Gasteiger partial charge in [-0.2, -0.15) is 0 Å². The molecule has 2 aromatic carbocycles. The summed E-state index contributed by atoms with van der Waals surface area (Å²) >= 11 is 0. The summed E-state index contributed by atoms with van der Waals surface area (Å²) in [5.41, 5.74) is 4.37. The molecule has 0 fully saturated rings. The van der Waals surface area contributed by atoms with Crippen molar-refractivity contribution in [1.29, 1.82) is 0 Å². The van der Waals surface area contributed by atoms with Crippen LogP contribution in [0.4, 0.5) is 4.79 Å². The highest BCUT2D eigenvalue weighted by molar-refractivity contribution is 5.84. The third-order valence-corrected chi connectivity index (χ3v) is 5.51. The van der Waals surface area contributed by atoms with Crippen molar-refractivity contribution in [2.24, 2.45) is 7.05 Å². The number of carbonyl (C=O) groups is 1. The minimum absolute atomic E-state index is 0.242. The maximum atomic E-state index is 12.8. The maximum absolute atomic E-state index is 12.8. The molecule has 0 aliphatic carbocycles. The lowest BCUT2D eigenvalue weighted by Gasteiger charge is -2.20. The first kappa shape index (κ1) is 20.5. The number of para-hydroxylation sites is 1. The lowest BCUT2D eigenvalue weighted by Crippen LogP contribution is -2.40. The van der Waals surface area contributed by atoms with Crippen molar-refractivity contribution >= 4 is 16.9 Å². The van der Waals surface area contributed by atoms with E-state index in [0.29, 0.717) is 6.54 Å². The Bertz CT molecular complexity index is 1190. The topological polar surface area (TPSA) is 84.0 Å². The van der Waals surface area contributed by atoms with E-state index in [1.54, 1.807) is 13.3 Å². The molecule has 4 rings (SSSR count). The van der Waals surface area contributed by atoms with Gasteiger partial charge in [-0.15, -0.1) is 0 Å². The standard InChI is InChI=1S/C24H27N5O2/c1-16-19(20-9-4-5-10-21(20)27-16)11-12-26-24(30)28-22(23-25-13-14-29(23)2)17-7-6-8-18(15-17)31-3/h4-10,13-15,22,27H,11-12H2,1-3H3,(H2,26,28,30). The van der Waals surface area contributed by atoms with E-state index in [-0.39, 0.29) is 6.03 Å². The van der Waals surface area contributed by atoms with Crippen LogP contribution in [-0.2, 0) is 13.5 Å². The number of ether oxygens (including phenoxy) is 1. The highest BCUT2D eigenvalue weighted by Gasteiger charge is 2.21. The Hall–Kier alpha value is -3.74. The number of carbonyl (C=O) groups excluding carboxylic acids is 1. The van der Waals surface area contributed by atoms with E-state index in [9.17, 15) is 4.79 Å². The smallest absolute Gasteiger partial charge is 0.315 e. The Labute approximate surface area is 181 Å². The van der Waals surface area contributed by atoms with Crippen LogP contribution in [0.15, 0.2) is 60.9 Å². The van der Waals surface area contributed by atoms with Gasteiger partial charge in [0.1, 0.15) is 17.6 Å². The fraction of sp³-hybridized carbons (Fsp3) is 0.250. The lowest BCUT2D eigenvalue weighted by atomic mass is 10.1. The van der Waals surface area contributed by atoms with Gasteiger partial charge >= 0.3 is 6.03 Å². The first-order chi connectivity index (χ1) is 15.1. The van der Waals surface area contributed by atoms with E-state index >= 15 is 0 Å². The van der Waals surface area contributed by atoms with Gasteiger partial charge in [-0.25, -0.2) is 9.78 Å². The minimum Gasteiger partial charge on any atom is -0.497 e. The predicted molar refractivity (Wildman–Crippen MR) is 121 cm³/mol.